The predicted molar refractivity (Wildman–Crippen MR) is 80.2 cm³/mol. The van der Waals surface area contributed by atoms with E-state index in [0.717, 1.165) is 17.3 Å². The highest BCUT2D eigenvalue weighted by Gasteiger charge is 2.18. The first-order valence-corrected chi connectivity index (χ1v) is 7.19. The fraction of sp³-hybridized carbons (Fsp3) is 0.462. The minimum Gasteiger partial charge on any atom is -0.495 e. The van der Waals surface area contributed by atoms with Crippen LogP contribution in [0.2, 0.25) is 5.02 Å². The molecule has 1 aliphatic heterocycles. The minimum atomic E-state index is 0.373. The van der Waals surface area contributed by atoms with Crippen molar-refractivity contribution in [2.24, 2.45) is 4.99 Å². The maximum Gasteiger partial charge on any atom is 0.161 e. The normalized spacial score (nSPS) is 23.4. The van der Waals surface area contributed by atoms with Gasteiger partial charge in [-0.1, -0.05) is 30.3 Å². The summed E-state index contributed by atoms with van der Waals surface area (Å²) in [4.78, 5) is 4.60. The average Bonchev–Trinajstić information content (AvgIpc) is 2.30. The molecule has 0 amide bonds. The summed E-state index contributed by atoms with van der Waals surface area (Å²) in [5.74, 6) is 0.671. The fourth-order valence-electron chi connectivity index (χ4n) is 1.93. The summed E-state index contributed by atoms with van der Waals surface area (Å²) in [6.45, 7) is 4.36. The zero-order valence-electron chi connectivity index (χ0n) is 10.7. The molecule has 0 saturated carbocycles. The van der Waals surface area contributed by atoms with Crippen LogP contribution in [-0.2, 0) is 0 Å². The Labute approximate surface area is 117 Å². The number of rotatable bonds is 2. The largest absolute Gasteiger partial charge is 0.495 e. The summed E-state index contributed by atoms with van der Waals surface area (Å²) in [6, 6.07) is 6.01. The van der Waals surface area contributed by atoms with Crippen LogP contribution in [0.1, 0.15) is 20.3 Å². The van der Waals surface area contributed by atoms with Crippen molar-refractivity contribution in [1.82, 2.24) is 0 Å². The zero-order valence-corrected chi connectivity index (χ0v) is 12.3. The molecule has 1 aliphatic rings. The van der Waals surface area contributed by atoms with E-state index in [4.69, 9.17) is 16.3 Å². The van der Waals surface area contributed by atoms with Crippen LogP contribution in [0.25, 0.3) is 0 Å². The molecule has 2 unspecified atom stereocenters. The van der Waals surface area contributed by atoms with E-state index in [1.54, 1.807) is 18.9 Å². The van der Waals surface area contributed by atoms with E-state index in [9.17, 15) is 0 Å². The van der Waals surface area contributed by atoms with Crippen molar-refractivity contribution in [1.29, 1.82) is 0 Å². The van der Waals surface area contributed by atoms with Crippen molar-refractivity contribution in [3.05, 3.63) is 23.2 Å². The molecule has 1 N–H and O–H groups in total. The summed E-state index contributed by atoms with van der Waals surface area (Å²) in [5, 5.41) is 5.49. The van der Waals surface area contributed by atoms with Gasteiger partial charge in [0.1, 0.15) is 5.75 Å². The number of benzene rings is 1. The number of ether oxygens (including phenoxy) is 1. The SMILES string of the molecule is COc1cc(NC2=NC(C)CC(C)S2)ccc1Cl. The van der Waals surface area contributed by atoms with Gasteiger partial charge in [-0.3, -0.25) is 4.99 Å². The third-order valence-corrected chi connectivity index (χ3v) is 4.06. The van der Waals surface area contributed by atoms with Gasteiger partial charge in [-0.2, -0.15) is 0 Å². The second-order valence-electron chi connectivity index (χ2n) is 4.42. The van der Waals surface area contributed by atoms with Crippen LogP contribution >= 0.6 is 23.4 Å². The number of nitrogens with zero attached hydrogens (tertiary/aromatic N) is 1. The van der Waals surface area contributed by atoms with Crippen LogP contribution in [0.15, 0.2) is 23.2 Å². The first-order valence-electron chi connectivity index (χ1n) is 5.93. The third kappa shape index (κ3) is 3.33. The molecule has 2 rings (SSSR count). The summed E-state index contributed by atoms with van der Waals surface area (Å²) < 4.78 is 5.20. The van der Waals surface area contributed by atoms with Crippen molar-refractivity contribution < 1.29 is 4.74 Å². The van der Waals surface area contributed by atoms with Gasteiger partial charge in [0.2, 0.25) is 0 Å². The van der Waals surface area contributed by atoms with Gasteiger partial charge >= 0.3 is 0 Å². The van der Waals surface area contributed by atoms with E-state index in [-0.39, 0.29) is 0 Å². The van der Waals surface area contributed by atoms with Gasteiger partial charge in [0.15, 0.2) is 5.17 Å². The number of halogens is 1. The molecule has 0 aromatic heterocycles. The zero-order chi connectivity index (χ0) is 13.1. The standard InChI is InChI=1S/C13H17ClN2OS/c1-8-6-9(2)18-13(15-8)16-10-4-5-11(14)12(7-10)17-3/h4-5,7-9H,6H2,1-3H3,(H,15,16). The number of nitrogens with one attached hydrogen (secondary N) is 1. The second kappa shape index (κ2) is 5.85. The highest BCUT2D eigenvalue weighted by atomic mass is 35.5. The monoisotopic (exact) mass is 284 g/mol. The van der Waals surface area contributed by atoms with E-state index in [2.05, 4.69) is 24.2 Å². The third-order valence-electron chi connectivity index (χ3n) is 2.73. The molecule has 3 nitrogen and oxygen atoms in total. The fourth-order valence-corrected chi connectivity index (χ4v) is 3.29. The maximum absolute atomic E-state index is 6.00. The van der Waals surface area contributed by atoms with Crippen LogP contribution in [0.3, 0.4) is 0 Å². The van der Waals surface area contributed by atoms with Crippen LogP contribution in [0, 0.1) is 0 Å². The Morgan fingerprint density at radius 3 is 2.89 bits per heavy atom. The lowest BCUT2D eigenvalue weighted by molar-refractivity contribution is 0.415. The molecule has 0 aliphatic carbocycles. The Morgan fingerprint density at radius 2 is 2.22 bits per heavy atom. The number of hydrogen-bond donors (Lipinski definition) is 1. The number of amidine groups is 1. The Morgan fingerprint density at radius 1 is 1.44 bits per heavy atom. The summed E-state index contributed by atoms with van der Waals surface area (Å²) in [7, 11) is 1.61. The van der Waals surface area contributed by atoms with Gasteiger partial charge < -0.3 is 10.1 Å². The van der Waals surface area contributed by atoms with Crippen LogP contribution in [-0.4, -0.2) is 23.6 Å². The summed E-state index contributed by atoms with van der Waals surface area (Å²) in [5.41, 5.74) is 0.948. The molecule has 2 atom stereocenters. The van der Waals surface area contributed by atoms with Crippen LogP contribution < -0.4 is 10.1 Å². The highest BCUT2D eigenvalue weighted by Crippen LogP contribution is 2.30. The number of aliphatic imine (C=N–C) groups is 1. The maximum atomic E-state index is 6.00. The van der Waals surface area contributed by atoms with E-state index >= 15 is 0 Å². The average molecular weight is 285 g/mol. The number of hydrogen-bond acceptors (Lipinski definition) is 4. The Bertz CT molecular complexity index is 464. The van der Waals surface area contributed by atoms with Gasteiger partial charge in [-0.05, 0) is 25.5 Å². The quantitative estimate of drug-likeness (QED) is 0.890. The molecule has 0 saturated heterocycles. The predicted octanol–water partition coefficient (Wildman–Crippen LogP) is 4.03. The topological polar surface area (TPSA) is 33.6 Å². The lowest BCUT2D eigenvalue weighted by Gasteiger charge is -2.23. The summed E-state index contributed by atoms with van der Waals surface area (Å²) >= 11 is 7.76. The minimum absolute atomic E-state index is 0.373. The Kier molecular flexibility index (Phi) is 4.40. The van der Waals surface area contributed by atoms with Gasteiger partial charge in [0.25, 0.3) is 0 Å². The smallest absolute Gasteiger partial charge is 0.161 e. The van der Waals surface area contributed by atoms with Crippen LogP contribution in [0.4, 0.5) is 5.69 Å². The molecule has 1 aromatic carbocycles. The van der Waals surface area contributed by atoms with Gasteiger partial charge in [-0.25, -0.2) is 0 Å². The molecule has 18 heavy (non-hydrogen) atoms. The Balaban J connectivity index is 2.14. The van der Waals surface area contributed by atoms with Crippen molar-refractivity contribution in [2.75, 3.05) is 12.4 Å². The van der Waals surface area contributed by atoms with Crippen molar-refractivity contribution in [3.63, 3.8) is 0 Å². The number of thioether (sulfide) groups is 1. The molecule has 5 heteroatoms. The van der Waals surface area contributed by atoms with E-state index < -0.39 is 0 Å². The lowest BCUT2D eigenvalue weighted by Crippen LogP contribution is -2.22. The first kappa shape index (κ1) is 13.6. The van der Waals surface area contributed by atoms with Gasteiger partial charge in [0, 0.05) is 17.0 Å². The molecule has 1 heterocycles. The Hall–Kier alpha value is -0.870. The van der Waals surface area contributed by atoms with Crippen molar-refractivity contribution in [3.8, 4) is 5.75 Å². The second-order valence-corrected chi connectivity index (χ2v) is 6.26. The molecule has 0 bridgehead atoms. The highest BCUT2D eigenvalue weighted by molar-refractivity contribution is 8.14. The van der Waals surface area contributed by atoms with Gasteiger partial charge in [-0.15, -0.1) is 0 Å². The van der Waals surface area contributed by atoms with E-state index in [1.807, 2.05) is 18.2 Å². The molecule has 1 aromatic rings. The summed E-state index contributed by atoms with van der Waals surface area (Å²) in [6.07, 6.45) is 1.12. The lowest BCUT2D eigenvalue weighted by atomic mass is 10.2. The van der Waals surface area contributed by atoms with Gasteiger partial charge in [0.05, 0.1) is 18.2 Å². The molecule has 0 radical (unpaired) electrons. The number of anilines is 1. The molecule has 98 valence electrons. The molecular formula is C13H17ClN2OS. The first-order chi connectivity index (χ1) is 8.58. The van der Waals surface area contributed by atoms with Crippen LogP contribution in [0.5, 0.6) is 5.75 Å². The molecule has 0 fully saturated rings. The molecule has 0 spiro atoms. The van der Waals surface area contributed by atoms with Crippen molar-refractivity contribution in [2.45, 2.75) is 31.6 Å². The van der Waals surface area contributed by atoms with E-state index in [1.165, 1.54) is 0 Å². The van der Waals surface area contributed by atoms with Crippen molar-refractivity contribution >= 4 is 34.2 Å². The number of methoxy groups -OCH3 is 1. The molecular weight excluding hydrogens is 268 g/mol. The van der Waals surface area contributed by atoms with E-state index in [0.29, 0.717) is 22.1 Å².